The van der Waals surface area contributed by atoms with Crippen LogP contribution in [0.25, 0.3) is 85.4 Å². The molecule has 0 atom stereocenters. The van der Waals surface area contributed by atoms with E-state index < -0.39 is 0 Å². The second-order valence-electron chi connectivity index (χ2n) is 46.4. The first kappa shape index (κ1) is 121. The molecule has 10 aromatic heterocycles. The molecule has 0 fully saturated rings. The molecule has 0 saturated heterocycles. The fraction of sp³-hybridized carbons (Fsp3) is 0.435. The second-order valence-corrected chi connectivity index (χ2v) is 48.6. The van der Waals surface area contributed by atoms with Crippen LogP contribution in [0.15, 0.2) is 261 Å². The van der Waals surface area contributed by atoms with Crippen LogP contribution in [0.5, 0.6) is 0 Å². The number of rotatable bonds is 20. The minimum atomic E-state index is 0.454. The van der Waals surface area contributed by atoms with Crippen molar-refractivity contribution in [2.75, 3.05) is 0 Å². The van der Waals surface area contributed by atoms with E-state index in [1.54, 1.807) is 20.9 Å². The van der Waals surface area contributed by atoms with Gasteiger partial charge in [0.25, 0.3) is 0 Å². The summed E-state index contributed by atoms with van der Waals surface area (Å²) < 4.78 is 8.79. The van der Waals surface area contributed by atoms with Crippen LogP contribution in [0, 0.1) is 0 Å². The first-order valence-electron chi connectivity index (χ1n) is 55.8. The van der Waals surface area contributed by atoms with Crippen LogP contribution in [-0.2, 0) is 0 Å². The Labute approximate surface area is 907 Å². The van der Waals surface area contributed by atoms with Crippen LogP contribution in [0.3, 0.4) is 0 Å². The van der Waals surface area contributed by atoms with Crippen LogP contribution in [-0.4, -0.2) is 40.1 Å². The molecule has 0 amide bonds. The number of para-hydroxylation sites is 1. The van der Waals surface area contributed by atoms with Gasteiger partial charge in [-0.1, -0.05) is 392 Å². The standard InChI is InChI=1S/5C15H19N.C14H18O.2C14H18S.C11H17N.C10H16N2/c1-10(2)13-6-5-12-9-16-8-7-14(12)15(13)11(3)4;1-10(2)13-6-5-12-7-8-16-9-14(12)15(13)11(3)4;1-10(2)12-7-8-14-13(6-5-9-16-14)15(12)11(3)4;1-10(2)13-8-7-12-6-5-9-16-15(12)14(13)11(3)4;1-10(2)13-8-12-6-5-7-16-15(12)9-14(13)11(3)4;3*1-9(2)13-11-7-5-6-8-12(11)15-14(13)10(3)4;1-8(2)10-5-6-12-7-11(10)9(3)4;1-7(2)9-5-11-12-6-10(9)8(3)4/h5*5-11H,1-4H3;3*5-10H,1-4H3;5-9H,1-4H3;5-8H,1-4H3. The predicted molar refractivity (Wildman–Crippen MR) is 657 cm³/mol. The van der Waals surface area contributed by atoms with E-state index in [1.165, 1.54) is 152 Å². The summed E-state index contributed by atoms with van der Waals surface area (Å²) in [6, 6.07) is 66.9. The number of thiophene rings is 2. The van der Waals surface area contributed by atoms with Crippen molar-refractivity contribution in [2.24, 2.45) is 0 Å². The summed E-state index contributed by atoms with van der Waals surface area (Å²) in [4.78, 5) is 29.1. The van der Waals surface area contributed by atoms with Gasteiger partial charge in [0, 0.05) is 119 Å². The van der Waals surface area contributed by atoms with Gasteiger partial charge in [0.1, 0.15) is 11.3 Å². The van der Waals surface area contributed by atoms with E-state index >= 15 is 0 Å². The van der Waals surface area contributed by atoms with Gasteiger partial charge in [0.15, 0.2) is 0 Å². The van der Waals surface area contributed by atoms with Gasteiger partial charge in [-0.15, -0.1) is 22.7 Å². The third-order valence-corrected chi connectivity index (χ3v) is 30.8. The number of hydrogen-bond donors (Lipinski definition) is 0. The number of pyridine rings is 6. The molecule has 9 nitrogen and oxygen atoms in total. The monoisotopic (exact) mass is 2030 g/mol. The fourth-order valence-corrected chi connectivity index (χ4v) is 23.3. The third-order valence-electron chi connectivity index (χ3n) is 27.8. The second kappa shape index (κ2) is 57.1. The first-order chi connectivity index (χ1) is 70.6. The molecule has 0 aliphatic heterocycles. The average Bonchev–Trinajstić information content (AvgIpc) is 1.66. The smallest absolute Gasteiger partial charge is 0.134 e. The maximum Gasteiger partial charge on any atom is 0.134 e. The molecular formula is C138H182N8OS2. The highest BCUT2D eigenvalue weighted by molar-refractivity contribution is 7.19. The van der Waals surface area contributed by atoms with Crippen molar-refractivity contribution in [3.05, 3.63) is 366 Å². The number of hydrogen-bond acceptors (Lipinski definition) is 11. The van der Waals surface area contributed by atoms with Gasteiger partial charge in [-0.25, -0.2) is 0 Å². The van der Waals surface area contributed by atoms with Crippen molar-refractivity contribution >= 4 is 108 Å². The number of furan rings is 1. The van der Waals surface area contributed by atoms with Crippen LogP contribution >= 0.6 is 22.7 Å². The number of nitrogens with zero attached hydrogens (tertiary/aromatic N) is 8. The van der Waals surface area contributed by atoms with Crippen LogP contribution < -0.4 is 0 Å². The molecule has 8 aromatic carbocycles. The summed E-state index contributed by atoms with van der Waals surface area (Å²) in [5, 5.41) is 21.0. The van der Waals surface area contributed by atoms with Crippen molar-refractivity contribution in [1.29, 1.82) is 0 Å². The molecule has 0 unspecified atom stereocenters. The lowest BCUT2D eigenvalue weighted by molar-refractivity contribution is 0.511. The normalized spacial score (nSPS) is 11.6. The van der Waals surface area contributed by atoms with E-state index in [0.29, 0.717) is 118 Å². The molecule has 0 bridgehead atoms. The Morgan fingerprint density at radius 2 is 0.557 bits per heavy atom. The van der Waals surface area contributed by atoms with Crippen LogP contribution in [0.1, 0.15) is 505 Å². The van der Waals surface area contributed by atoms with Gasteiger partial charge in [-0.2, -0.15) is 10.2 Å². The molecule has 0 aliphatic carbocycles. The third kappa shape index (κ3) is 31.8. The highest BCUT2D eigenvalue weighted by Crippen LogP contribution is 2.45. The largest absolute Gasteiger partial charge is 0.460 e. The van der Waals surface area contributed by atoms with E-state index in [-0.39, 0.29) is 0 Å². The Balaban J connectivity index is 0.000000184. The molecule has 0 N–H and O–H groups in total. The van der Waals surface area contributed by atoms with E-state index in [2.05, 4.69) is 475 Å². The minimum Gasteiger partial charge on any atom is -0.460 e. The number of benzene rings is 8. The zero-order valence-electron chi connectivity index (χ0n) is 98.6. The summed E-state index contributed by atoms with van der Waals surface area (Å²) in [5.74, 6) is 12.5. The van der Waals surface area contributed by atoms with E-state index in [0.717, 1.165) is 22.4 Å². The maximum atomic E-state index is 5.92. The fourth-order valence-electron chi connectivity index (χ4n) is 20.5. The molecular weight excluding hydrogens is 1850 g/mol. The molecule has 0 radical (unpaired) electrons. The van der Waals surface area contributed by atoms with Gasteiger partial charge in [0.05, 0.1) is 28.9 Å². The Morgan fingerprint density at radius 1 is 0.195 bits per heavy atom. The minimum absolute atomic E-state index is 0.454. The van der Waals surface area contributed by atoms with Crippen molar-refractivity contribution in [2.45, 2.75) is 395 Å². The molecule has 11 heteroatoms. The summed E-state index contributed by atoms with van der Waals surface area (Å²) >= 11 is 3.92. The molecule has 0 spiro atoms. The van der Waals surface area contributed by atoms with Crippen molar-refractivity contribution in [3.63, 3.8) is 0 Å². The first-order valence-corrected chi connectivity index (χ1v) is 57.4. The van der Waals surface area contributed by atoms with Gasteiger partial charge < -0.3 is 4.42 Å². The predicted octanol–water partition coefficient (Wildman–Crippen LogP) is 43.4. The molecule has 10 heterocycles. The lowest BCUT2D eigenvalue weighted by atomic mass is 9.87. The lowest BCUT2D eigenvalue weighted by Gasteiger charge is -2.18. The Bertz CT molecular complexity index is 6440. The van der Waals surface area contributed by atoms with Gasteiger partial charge in [-0.3, -0.25) is 29.9 Å². The highest BCUT2D eigenvalue weighted by atomic mass is 32.1. The zero-order valence-corrected chi connectivity index (χ0v) is 100. The zero-order chi connectivity index (χ0) is 110. The molecule has 18 rings (SSSR count). The van der Waals surface area contributed by atoms with Gasteiger partial charge >= 0.3 is 0 Å². The van der Waals surface area contributed by atoms with Crippen molar-refractivity contribution in [1.82, 2.24) is 40.1 Å². The summed E-state index contributed by atoms with van der Waals surface area (Å²) in [7, 11) is 0. The number of fused-ring (bicyclic) bond motifs is 8. The average molecular weight is 2030 g/mol. The van der Waals surface area contributed by atoms with Crippen molar-refractivity contribution < 1.29 is 4.42 Å². The lowest BCUT2D eigenvalue weighted by Crippen LogP contribution is -2.00. The molecule has 0 aliphatic rings. The Hall–Kier alpha value is -11.5. The summed E-state index contributed by atoms with van der Waals surface area (Å²) in [6.07, 6.45) is 20.9. The van der Waals surface area contributed by atoms with E-state index in [9.17, 15) is 0 Å². The summed E-state index contributed by atoms with van der Waals surface area (Å²) in [6.45, 7) is 89.8. The topological polar surface area (TPSA) is 116 Å². The Kier molecular flexibility index (Phi) is 46.4. The van der Waals surface area contributed by atoms with Crippen molar-refractivity contribution in [3.8, 4) is 0 Å². The quantitative estimate of drug-likeness (QED) is 0.0735. The van der Waals surface area contributed by atoms with Gasteiger partial charge in [-0.05, 0) is 296 Å². The molecule has 0 saturated carbocycles. The Morgan fingerprint density at radius 3 is 1.02 bits per heavy atom. The highest BCUT2D eigenvalue weighted by Gasteiger charge is 2.25. The maximum absolute atomic E-state index is 5.92. The molecule has 792 valence electrons. The van der Waals surface area contributed by atoms with Crippen LogP contribution in [0.2, 0.25) is 0 Å². The van der Waals surface area contributed by atoms with Gasteiger partial charge in [0.2, 0.25) is 0 Å². The SMILES string of the molecule is CC(C)c1cc2cccnc2cc1C(C)C.CC(C)c1ccc2cccnc2c1C(C)C.CC(C)c1ccc2ccncc2c1C(C)C.CC(C)c1ccc2cnccc2c1C(C)C.CC(C)c1ccc2ncccc2c1C(C)C.CC(C)c1ccncc1C(C)C.CC(C)c1cnncc1C(C)C.CC(C)c1oc2ccccc2c1C(C)C.CC(C)c1sc2ccccc2c1C(C)C.CC(C)c1sc2ccccc2c1C(C)C. The van der Waals surface area contributed by atoms with E-state index in [4.69, 9.17) is 4.42 Å². The number of aromatic nitrogens is 8. The molecule has 149 heavy (non-hydrogen) atoms. The summed E-state index contributed by atoms with van der Waals surface area (Å²) in [5.41, 5.74) is 28.9. The van der Waals surface area contributed by atoms with E-state index in [1.807, 2.05) is 121 Å². The molecule has 18 aromatic rings. The van der Waals surface area contributed by atoms with Crippen LogP contribution in [0.4, 0.5) is 0 Å².